The molecule has 2 aliphatic rings. The SMILES string of the molecule is CC(Oc1cccc(F)c1)C1CCC(N2Cc3cc(F)c(O)cc3C2=O)CC1. The third-order valence-corrected chi connectivity index (χ3v) is 5.97. The Morgan fingerprint density at radius 1 is 1.14 bits per heavy atom. The van der Waals surface area contributed by atoms with Crippen LogP contribution in [-0.2, 0) is 6.54 Å². The van der Waals surface area contributed by atoms with Crippen LogP contribution >= 0.6 is 0 Å². The molecule has 1 saturated carbocycles. The first kappa shape index (κ1) is 18.7. The summed E-state index contributed by atoms with van der Waals surface area (Å²) in [5.41, 5.74) is 1.02. The highest BCUT2D eigenvalue weighted by molar-refractivity contribution is 5.99. The largest absolute Gasteiger partial charge is 0.505 e. The number of rotatable bonds is 4. The molecule has 1 N–H and O–H groups in total. The number of aromatic hydroxyl groups is 1. The van der Waals surface area contributed by atoms with E-state index in [-0.39, 0.29) is 23.9 Å². The van der Waals surface area contributed by atoms with Gasteiger partial charge in [-0.25, -0.2) is 8.78 Å². The monoisotopic (exact) mass is 387 g/mol. The fraction of sp³-hybridized carbons (Fsp3) is 0.409. The zero-order chi connectivity index (χ0) is 19.8. The van der Waals surface area contributed by atoms with Crippen LogP contribution in [0.2, 0.25) is 0 Å². The van der Waals surface area contributed by atoms with Gasteiger partial charge in [0.2, 0.25) is 0 Å². The highest BCUT2D eigenvalue weighted by atomic mass is 19.1. The van der Waals surface area contributed by atoms with Gasteiger partial charge in [-0.1, -0.05) is 6.07 Å². The first-order chi connectivity index (χ1) is 13.4. The van der Waals surface area contributed by atoms with E-state index in [0.29, 0.717) is 29.3 Å². The molecule has 2 aromatic rings. The van der Waals surface area contributed by atoms with Gasteiger partial charge in [0.1, 0.15) is 11.6 Å². The first-order valence-electron chi connectivity index (χ1n) is 9.67. The smallest absolute Gasteiger partial charge is 0.254 e. The summed E-state index contributed by atoms with van der Waals surface area (Å²) in [5.74, 6) is -0.773. The summed E-state index contributed by atoms with van der Waals surface area (Å²) < 4.78 is 32.8. The molecule has 6 heteroatoms. The molecule has 0 saturated heterocycles. The molecule has 148 valence electrons. The predicted molar refractivity (Wildman–Crippen MR) is 100 cm³/mol. The predicted octanol–water partition coefficient (Wildman–Crippen LogP) is 4.65. The van der Waals surface area contributed by atoms with E-state index in [1.54, 1.807) is 17.0 Å². The number of halogens is 2. The quantitative estimate of drug-likeness (QED) is 0.831. The highest BCUT2D eigenvalue weighted by Crippen LogP contribution is 2.36. The molecule has 1 aliphatic heterocycles. The summed E-state index contributed by atoms with van der Waals surface area (Å²) in [6.45, 7) is 2.38. The van der Waals surface area contributed by atoms with Crippen molar-refractivity contribution in [1.29, 1.82) is 0 Å². The number of ether oxygens (including phenoxy) is 1. The van der Waals surface area contributed by atoms with Gasteiger partial charge >= 0.3 is 0 Å². The Balaban J connectivity index is 1.36. The van der Waals surface area contributed by atoms with Crippen molar-refractivity contribution in [2.45, 2.75) is 51.3 Å². The summed E-state index contributed by atoms with van der Waals surface area (Å²) in [6.07, 6.45) is 3.45. The third-order valence-electron chi connectivity index (χ3n) is 5.97. The Kier molecular flexibility index (Phi) is 4.96. The fourth-order valence-electron chi connectivity index (χ4n) is 4.37. The molecular formula is C22H23F2NO3. The number of hydrogen-bond donors (Lipinski definition) is 1. The number of amides is 1. The lowest BCUT2D eigenvalue weighted by molar-refractivity contribution is 0.0553. The van der Waals surface area contributed by atoms with Gasteiger partial charge < -0.3 is 14.7 Å². The van der Waals surface area contributed by atoms with Gasteiger partial charge in [0.05, 0.1) is 6.10 Å². The highest BCUT2D eigenvalue weighted by Gasteiger charge is 2.36. The minimum Gasteiger partial charge on any atom is -0.505 e. The van der Waals surface area contributed by atoms with Crippen LogP contribution in [0.1, 0.15) is 48.5 Å². The number of hydrogen-bond acceptors (Lipinski definition) is 3. The summed E-state index contributed by atoms with van der Waals surface area (Å²) in [6, 6.07) is 8.74. The normalized spacial score (nSPS) is 22.8. The zero-order valence-electron chi connectivity index (χ0n) is 15.7. The van der Waals surface area contributed by atoms with Gasteiger partial charge in [0.25, 0.3) is 5.91 Å². The lowest BCUT2D eigenvalue weighted by atomic mass is 9.82. The number of carbonyl (C=O) groups excluding carboxylic acids is 1. The molecule has 4 nitrogen and oxygen atoms in total. The number of fused-ring (bicyclic) bond motifs is 1. The van der Waals surface area contributed by atoms with E-state index >= 15 is 0 Å². The van der Waals surface area contributed by atoms with Crippen molar-refractivity contribution in [3.8, 4) is 11.5 Å². The van der Waals surface area contributed by atoms with Gasteiger partial charge in [-0.2, -0.15) is 0 Å². The van der Waals surface area contributed by atoms with Crippen molar-refractivity contribution in [2.75, 3.05) is 0 Å². The second-order valence-electron chi connectivity index (χ2n) is 7.74. The Labute approximate surface area is 162 Å². The van der Waals surface area contributed by atoms with Gasteiger partial charge in [-0.3, -0.25) is 4.79 Å². The molecule has 1 amide bonds. The zero-order valence-corrected chi connectivity index (χ0v) is 15.7. The van der Waals surface area contributed by atoms with E-state index in [1.165, 1.54) is 24.3 Å². The van der Waals surface area contributed by atoms with Gasteiger partial charge in [-0.05, 0) is 68.4 Å². The van der Waals surface area contributed by atoms with E-state index in [1.807, 2.05) is 6.92 Å². The second-order valence-corrected chi connectivity index (χ2v) is 7.74. The van der Waals surface area contributed by atoms with Crippen LogP contribution in [0.4, 0.5) is 8.78 Å². The lowest BCUT2D eigenvalue weighted by Gasteiger charge is -2.36. The molecule has 0 spiro atoms. The number of benzene rings is 2. The average molecular weight is 387 g/mol. The molecule has 4 rings (SSSR count). The summed E-state index contributed by atoms with van der Waals surface area (Å²) in [4.78, 5) is 14.5. The van der Waals surface area contributed by atoms with Crippen LogP contribution in [-0.4, -0.2) is 28.1 Å². The van der Waals surface area contributed by atoms with E-state index in [9.17, 15) is 18.7 Å². The van der Waals surface area contributed by atoms with Crippen molar-refractivity contribution < 1.29 is 23.4 Å². The van der Waals surface area contributed by atoms with Gasteiger partial charge in [0, 0.05) is 24.2 Å². The Hall–Kier alpha value is -2.63. The Morgan fingerprint density at radius 2 is 1.89 bits per heavy atom. The number of nitrogens with zero attached hydrogens (tertiary/aromatic N) is 1. The van der Waals surface area contributed by atoms with Crippen molar-refractivity contribution in [3.05, 3.63) is 59.2 Å². The van der Waals surface area contributed by atoms with Gasteiger partial charge in [0.15, 0.2) is 11.6 Å². The lowest BCUT2D eigenvalue weighted by Crippen LogP contribution is -2.40. The van der Waals surface area contributed by atoms with E-state index in [0.717, 1.165) is 25.7 Å². The molecular weight excluding hydrogens is 364 g/mol. The molecule has 0 bridgehead atoms. The molecule has 0 aromatic heterocycles. The molecule has 1 atom stereocenters. The Morgan fingerprint density at radius 3 is 2.61 bits per heavy atom. The van der Waals surface area contributed by atoms with Crippen LogP contribution < -0.4 is 4.74 Å². The van der Waals surface area contributed by atoms with Crippen molar-refractivity contribution >= 4 is 5.91 Å². The maximum atomic E-state index is 13.6. The minimum atomic E-state index is -0.694. The Bertz CT molecular complexity index is 893. The van der Waals surface area contributed by atoms with Gasteiger partial charge in [-0.15, -0.1) is 0 Å². The molecule has 2 aromatic carbocycles. The van der Waals surface area contributed by atoms with Crippen LogP contribution in [0, 0.1) is 17.6 Å². The second kappa shape index (κ2) is 7.41. The first-order valence-corrected chi connectivity index (χ1v) is 9.67. The van der Waals surface area contributed by atoms with Crippen molar-refractivity contribution in [3.63, 3.8) is 0 Å². The molecule has 1 unspecified atom stereocenters. The maximum absolute atomic E-state index is 13.6. The van der Waals surface area contributed by atoms with Crippen LogP contribution in [0.3, 0.4) is 0 Å². The summed E-state index contributed by atoms with van der Waals surface area (Å²) >= 11 is 0. The summed E-state index contributed by atoms with van der Waals surface area (Å²) in [7, 11) is 0. The summed E-state index contributed by atoms with van der Waals surface area (Å²) in [5, 5.41) is 9.55. The van der Waals surface area contributed by atoms with Crippen molar-refractivity contribution in [1.82, 2.24) is 4.90 Å². The molecule has 1 aliphatic carbocycles. The molecule has 28 heavy (non-hydrogen) atoms. The van der Waals surface area contributed by atoms with E-state index < -0.39 is 11.6 Å². The number of carbonyl (C=O) groups is 1. The van der Waals surface area contributed by atoms with Crippen molar-refractivity contribution in [2.24, 2.45) is 5.92 Å². The van der Waals surface area contributed by atoms with Crippen LogP contribution in [0.5, 0.6) is 11.5 Å². The topological polar surface area (TPSA) is 49.8 Å². The van der Waals surface area contributed by atoms with Crippen LogP contribution in [0.25, 0.3) is 0 Å². The number of phenolic OH excluding ortho intramolecular Hbond substituents is 1. The molecule has 1 heterocycles. The van der Waals surface area contributed by atoms with E-state index in [4.69, 9.17) is 4.74 Å². The molecule has 1 fully saturated rings. The fourth-order valence-corrected chi connectivity index (χ4v) is 4.37. The van der Waals surface area contributed by atoms with E-state index in [2.05, 4.69) is 0 Å². The maximum Gasteiger partial charge on any atom is 0.254 e. The third kappa shape index (κ3) is 3.55. The molecule has 0 radical (unpaired) electrons. The standard InChI is InChI=1S/C22H23F2NO3/c1-13(28-18-4-2-3-16(23)10-18)14-5-7-17(8-6-14)25-12-15-9-20(24)21(26)11-19(15)22(25)27/h2-4,9-11,13-14,17,26H,5-8,12H2,1H3. The number of phenols is 1. The van der Waals surface area contributed by atoms with Crippen LogP contribution in [0.15, 0.2) is 36.4 Å². The minimum absolute atomic E-state index is 0.0414. The average Bonchev–Trinajstić information content (AvgIpc) is 2.98.